The van der Waals surface area contributed by atoms with Gasteiger partial charge in [-0.2, -0.15) is 0 Å². The van der Waals surface area contributed by atoms with Crippen LogP contribution < -0.4 is 9.62 Å². The van der Waals surface area contributed by atoms with Crippen LogP contribution in [0.15, 0.2) is 47.5 Å². The number of nitrogens with zero attached hydrogens (tertiary/aromatic N) is 3. The van der Waals surface area contributed by atoms with E-state index < -0.39 is 10.0 Å². The van der Waals surface area contributed by atoms with E-state index in [1.165, 1.54) is 18.3 Å². The van der Waals surface area contributed by atoms with Gasteiger partial charge in [-0.25, -0.2) is 22.5 Å². The summed E-state index contributed by atoms with van der Waals surface area (Å²) >= 11 is 0. The highest BCUT2D eigenvalue weighted by atomic mass is 32.2. The Morgan fingerprint density at radius 2 is 2.00 bits per heavy atom. The molecule has 0 amide bonds. The minimum atomic E-state index is -3.64. The van der Waals surface area contributed by atoms with E-state index in [1.807, 2.05) is 6.07 Å². The summed E-state index contributed by atoms with van der Waals surface area (Å²) in [6.45, 7) is 4.76. The number of sulfonamides is 1. The Bertz CT molecular complexity index is 933. The molecular weight excluding hydrogens is 395 g/mol. The molecule has 0 radical (unpaired) electrons. The molecule has 7 nitrogen and oxygen atoms in total. The van der Waals surface area contributed by atoms with Gasteiger partial charge < -0.3 is 9.64 Å². The summed E-state index contributed by atoms with van der Waals surface area (Å²) in [7, 11) is -3.64. The summed E-state index contributed by atoms with van der Waals surface area (Å²) in [5, 5.41) is 0. The van der Waals surface area contributed by atoms with Crippen LogP contribution >= 0.6 is 0 Å². The predicted molar refractivity (Wildman–Crippen MR) is 108 cm³/mol. The van der Waals surface area contributed by atoms with Crippen LogP contribution in [-0.4, -0.2) is 63.7 Å². The maximum Gasteiger partial charge on any atom is 0.242 e. The van der Waals surface area contributed by atoms with E-state index in [1.54, 1.807) is 18.2 Å². The number of nitrogens with one attached hydrogen (secondary N) is 1. The van der Waals surface area contributed by atoms with E-state index in [9.17, 15) is 12.8 Å². The predicted octanol–water partition coefficient (Wildman–Crippen LogP) is 1.61. The Hall–Kier alpha value is -2.07. The SMILES string of the molecule is O=S(=O)(N[C@@H]1CCN(Cc2cccc(F)c2)C1)c1ccc(N2CCOCC2)nc1. The van der Waals surface area contributed by atoms with Crippen molar-refractivity contribution in [2.45, 2.75) is 23.9 Å². The molecule has 0 saturated carbocycles. The number of hydrogen-bond donors (Lipinski definition) is 1. The zero-order valence-corrected chi connectivity index (χ0v) is 16.9. The van der Waals surface area contributed by atoms with Crippen LogP contribution in [0.1, 0.15) is 12.0 Å². The van der Waals surface area contributed by atoms with Gasteiger partial charge in [-0.1, -0.05) is 12.1 Å². The van der Waals surface area contributed by atoms with Crippen LogP contribution in [0.25, 0.3) is 0 Å². The first kappa shape index (κ1) is 20.2. The second-order valence-electron chi connectivity index (χ2n) is 7.42. The van der Waals surface area contributed by atoms with Crippen molar-refractivity contribution in [2.75, 3.05) is 44.3 Å². The molecule has 4 rings (SSSR count). The number of anilines is 1. The summed E-state index contributed by atoms with van der Waals surface area (Å²) in [5.74, 6) is 0.501. The van der Waals surface area contributed by atoms with Crippen LogP contribution in [0.2, 0.25) is 0 Å². The zero-order valence-electron chi connectivity index (χ0n) is 16.1. The number of morpholine rings is 1. The van der Waals surface area contributed by atoms with Gasteiger partial charge in [0.2, 0.25) is 10.0 Å². The molecule has 1 N–H and O–H groups in total. The van der Waals surface area contributed by atoms with Crippen LogP contribution in [-0.2, 0) is 21.3 Å². The molecular formula is C20H25FN4O3S. The lowest BCUT2D eigenvalue weighted by Gasteiger charge is -2.27. The van der Waals surface area contributed by atoms with Crippen molar-refractivity contribution in [3.05, 3.63) is 54.0 Å². The Morgan fingerprint density at radius 3 is 2.72 bits per heavy atom. The van der Waals surface area contributed by atoms with Gasteiger partial charge in [-0.3, -0.25) is 4.90 Å². The molecule has 0 bridgehead atoms. The van der Waals surface area contributed by atoms with Gasteiger partial charge in [0.05, 0.1) is 13.2 Å². The summed E-state index contributed by atoms with van der Waals surface area (Å²) < 4.78 is 46.9. The topological polar surface area (TPSA) is 74.8 Å². The van der Waals surface area contributed by atoms with Gasteiger partial charge in [0.15, 0.2) is 0 Å². The number of pyridine rings is 1. The van der Waals surface area contributed by atoms with Crippen molar-refractivity contribution in [1.82, 2.24) is 14.6 Å². The maximum absolute atomic E-state index is 13.3. The third kappa shape index (κ3) is 5.11. The number of ether oxygens (including phenoxy) is 1. The van der Waals surface area contributed by atoms with Gasteiger partial charge in [-0.05, 0) is 36.2 Å². The van der Waals surface area contributed by atoms with Crippen LogP contribution in [0.3, 0.4) is 0 Å². The first-order valence-corrected chi connectivity index (χ1v) is 11.3. The molecule has 2 aliphatic rings. The monoisotopic (exact) mass is 420 g/mol. The fraction of sp³-hybridized carbons (Fsp3) is 0.450. The Balaban J connectivity index is 1.35. The highest BCUT2D eigenvalue weighted by Crippen LogP contribution is 2.19. The fourth-order valence-electron chi connectivity index (χ4n) is 3.76. The lowest BCUT2D eigenvalue weighted by molar-refractivity contribution is 0.122. The molecule has 29 heavy (non-hydrogen) atoms. The van der Waals surface area contributed by atoms with Gasteiger partial charge in [-0.15, -0.1) is 0 Å². The highest BCUT2D eigenvalue weighted by molar-refractivity contribution is 7.89. The van der Waals surface area contributed by atoms with Crippen LogP contribution in [0.4, 0.5) is 10.2 Å². The molecule has 1 aromatic carbocycles. The smallest absolute Gasteiger partial charge is 0.242 e. The van der Waals surface area contributed by atoms with Gasteiger partial charge in [0.25, 0.3) is 0 Å². The molecule has 2 fully saturated rings. The first-order valence-electron chi connectivity index (χ1n) is 9.77. The van der Waals surface area contributed by atoms with E-state index >= 15 is 0 Å². The van der Waals surface area contributed by atoms with E-state index in [0.717, 1.165) is 31.0 Å². The second-order valence-corrected chi connectivity index (χ2v) is 9.14. The summed E-state index contributed by atoms with van der Waals surface area (Å²) in [6.07, 6.45) is 2.13. The van der Waals surface area contributed by atoms with Crippen molar-refractivity contribution >= 4 is 15.8 Å². The summed E-state index contributed by atoms with van der Waals surface area (Å²) in [4.78, 5) is 8.70. The number of benzene rings is 1. The fourth-order valence-corrected chi connectivity index (χ4v) is 4.97. The third-order valence-corrected chi connectivity index (χ3v) is 6.76. The van der Waals surface area contributed by atoms with E-state index in [4.69, 9.17) is 4.74 Å². The molecule has 2 saturated heterocycles. The Labute approximate surface area is 170 Å². The number of likely N-dealkylation sites (tertiary alicyclic amines) is 1. The van der Waals surface area contributed by atoms with E-state index in [0.29, 0.717) is 32.7 Å². The number of hydrogen-bond acceptors (Lipinski definition) is 6. The van der Waals surface area contributed by atoms with E-state index in [2.05, 4.69) is 19.5 Å². The maximum atomic E-state index is 13.3. The minimum absolute atomic E-state index is 0.165. The summed E-state index contributed by atoms with van der Waals surface area (Å²) in [6, 6.07) is 9.66. The standard InChI is InChI=1S/C20H25FN4O3S/c21-17-3-1-2-16(12-17)14-24-7-6-18(15-24)23-29(26,27)19-4-5-20(22-13-19)25-8-10-28-11-9-25/h1-5,12-13,18,23H,6-11,14-15H2/t18-/m1/s1. The number of halogens is 1. The zero-order chi connectivity index (χ0) is 20.3. The molecule has 0 unspecified atom stereocenters. The lowest BCUT2D eigenvalue weighted by Crippen LogP contribution is -2.37. The van der Waals surface area contributed by atoms with Crippen molar-refractivity contribution in [3.8, 4) is 0 Å². The van der Waals surface area contributed by atoms with E-state index in [-0.39, 0.29) is 16.8 Å². The third-order valence-electron chi connectivity index (χ3n) is 5.26. The van der Waals surface area contributed by atoms with Crippen molar-refractivity contribution in [2.24, 2.45) is 0 Å². The van der Waals surface area contributed by atoms with Crippen LogP contribution in [0, 0.1) is 5.82 Å². The van der Waals surface area contributed by atoms with Crippen molar-refractivity contribution in [3.63, 3.8) is 0 Å². The van der Waals surface area contributed by atoms with Crippen LogP contribution in [0.5, 0.6) is 0 Å². The highest BCUT2D eigenvalue weighted by Gasteiger charge is 2.27. The Morgan fingerprint density at radius 1 is 1.17 bits per heavy atom. The lowest BCUT2D eigenvalue weighted by atomic mass is 10.2. The quantitative estimate of drug-likeness (QED) is 0.765. The van der Waals surface area contributed by atoms with Crippen molar-refractivity contribution in [1.29, 1.82) is 0 Å². The average Bonchev–Trinajstić information content (AvgIpc) is 3.15. The molecule has 2 aliphatic heterocycles. The van der Waals surface area contributed by atoms with Gasteiger partial charge >= 0.3 is 0 Å². The molecule has 2 aromatic rings. The molecule has 1 atom stereocenters. The molecule has 0 spiro atoms. The van der Waals surface area contributed by atoms with Gasteiger partial charge in [0.1, 0.15) is 16.5 Å². The van der Waals surface area contributed by atoms with Crippen molar-refractivity contribution < 1.29 is 17.5 Å². The number of rotatable bonds is 6. The second kappa shape index (κ2) is 8.74. The van der Waals surface area contributed by atoms with Gasteiger partial charge in [0, 0.05) is 45.0 Å². The first-order chi connectivity index (χ1) is 14.0. The molecule has 0 aliphatic carbocycles. The normalized spacial score (nSPS) is 20.9. The molecule has 156 valence electrons. The molecule has 3 heterocycles. The number of aromatic nitrogens is 1. The largest absolute Gasteiger partial charge is 0.378 e. The minimum Gasteiger partial charge on any atom is -0.378 e. The summed E-state index contributed by atoms with van der Waals surface area (Å²) in [5.41, 5.74) is 0.886. The Kier molecular flexibility index (Phi) is 6.09. The molecule has 1 aromatic heterocycles. The average molecular weight is 421 g/mol. The molecule has 9 heteroatoms.